The Balaban J connectivity index is 1.96. The maximum Gasteiger partial charge on any atom is 0.295 e. The van der Waals surface area contributed by atoms with Crippen LogP contribution < -0.4 is 22.8 Å². The van der Waals surface area contributed by atoms with E-state index in [4.69, 9.17) is 0 Å². The van der Waals surface area contributed by atoms with Crippen molar-refractivity contribution in [2.75, 3.05) is 0 Å². The van der Waals surface area contributed by atoms with Crippen molar-refractivity contribution in [3.05, 3.63) is 71.9 Å². The molecule has 0 unspecified atom stereocenters. The van der Waals surface area contributed by atoms with Gasteiger partial charge in [0.15, 0.2) is 0 Å². The van der Waals surface area contributed by atoms with Gasteiger partial charge in [-0.15, -0.1) is 0 Å². The van der Waals surface area contributed by atoms with Crippen molar-refractivity contribution in [1.82, 2.24) is 0 Å². The summed E-state index contributed by atoms with van der Waals surface area (Å²) in [6.45, 7) is 0. The molecule has 0 aliphatic carbocycles. The normalized spacial score (nSPS) is 12.0. The van der Waals surface area contributed by atoms with E-state index in [1.54, 1.807) is 24.3 Å². The first-order valence-corrected chi connectivity index (χ1v) is 8.43. The molecular weight excluding hydrogens is 330 g/mol. The number of aryl methyl sites for hydroxylation is 1. The summed E-state index contributed by atoms with van der Waals surface area (Å²) in [4.78, 5) is 0. The molecule has 122 valence electrons. The van der Waals surface area contributed by atoms with Gasteiger partial charge < -0.3 is 0 Å². The molecule has 1 heterocycles. The minimum absolute atomic E-state index is 0.00569. The van der Waals surface area contributed by atoms with Crippen molar-refractivity contribution in [3.63, 3.8) is 0 Å². The van der Waals surface area contributed by atoms with Crippen molar-refractivity contribution in [2.45, 2.75) is 0 Å². The molecule has 0 aliphatic heterocycles. The lowest BCUT2D eigenvalue weighted by molar-refractivity contribution is -1.91. The molecular formula is C18H15ClNO4+. The van der Waals surface area contributed by atoms with Crippen LogP contribution in [-0.2, 0) is 7.05 Å². The van der Waals surface area contributed by atoms with Crippen LogP contribution in [0, 0.1) is 10.2 Å². The number of hydrogen-bond acceptors (Lipinski definition) is 4. The lowest BCUT2D eigenvalue weighted by Gasteiger charge is -2.12. The van der Waals surface area contributed by atoms with E-state index in [-0.39, 0.29) is 5.75 Å². The molecule has 0 fully saturated rings. The number of halogens is 1. The predicted molar refractivity (Wildman–Crippen MR) is 81.1 cm³/mol. The molecule has 5 nitrogen and oxygen atoms in total. The minimum Gasteiger partial charge on any atom is -0.195 e. The van der Waals surface area contributed by atoms with E-state index in [0.29, 0.717) is 5.56 Å². The summed E-state index contributed by atoms with van der Waals surface area (Å²) in [5.74, 6) is -0.00569. The van der Waals surface area contributed by atoms with Gasteiger partial charge in [-0.05, 0) is 24.3 Å². The number of benzene rings is 2. The molecule has 1 aromatic heterocycles. The molecule has 24 heavy (non-hydrogen) atoms. The molecule has 3 rings (SSSR count). The number of fused-ring (bicyclic) bond motifs is 1. The zero-order chi connectivity index (χ0) is 17.2. The van der Waals surface area contributed by atoms with E-state index < -0.39 is 10.2 Å². The Morgan fingerprint density at radius 3 is 2.38 bits per heavy atom. The maximum atomic E-state index is 10.8. The Morgan fingerprint density at radius 1 is 0.875 bits per heavy atom. The second-order valence-corrected chi connectivity index (χ2v) is 6.11. The largest absolute Gasteiger partial charge is 0.295 e. The molecule has 3 aromatic rings. The first-order valence-electron chi connectivity index (χ1n) is 7.19. The topological polar surface area (TPSA) is 82.3 Å². The van der Waals surface area contributed by atoms with E-state index in [9.17, 15) is 14.0 Å². The van der Waals surface area contributed by atoms with Gasteiger partial charge in [-0.3, -0.25) is 0 Å². The van der Waals surface area contributed by atoms with E-state index >= 15 is 0 Å². The average molecular weight is 345 g/mol. The van der Waals surface area contributed by atoms with Crippen LogP contribution in [0.1, 0.15) is 11.3 Å². The molecule has 6 heteroatoms. The highest BCUT2D eigenvalue weighted by Crippen LogP contribution is 2.22. The van der Waals surface area contributed by atoms with Crippen LogP contribution in [-0.4, -0.2) is 0 Å². The van der Waals surface area contributed by atoms with Crippen LogP contribution in [0.15, 0.2) is 60.7 Å². The Hall–Kier alpha value is -2.44. The van der Waals surface area contributed by atoms with Gasteiger partial charge in [0, 0.05) is 29.2 Å². The molecule has 2 aromatic carbocycles. The molecule has 0 N–H and O–H groups in total. The quantitative estimate of drug-likeness (QED) is 0.629. The third-order valence-electron chi connectivity index (χ3n) is 3.65. The number of rotatable bonds is 4. The summed E-state index contributed by atoms with van der Waals surface area (Å²) in [7, 11) is -2.58. The van der Waals surface area contributed by atoms with Gasteiger partial charge in [0.2, 0.25) is 11.2 Å². The Bertz CT molecular complexity index is 903. The average Bonchev–Trinajstić information content (AvgIpc) is 2.54. The van der Waals surface area contributed by atoms with Crippen molar-refractivity contribution in [1.29, 1.82) is 0 Å². The smallest absolute Gasteiger partial charge is 0.195 e. The third kappa shape index (κ3) is 3.72. The summed E-state index contributed by atoms with van der Waals surface area (Å²) in [6, 6.07) is 18.4. The van der Waals surface area contributed by atoms with E-state index in [2.05, 4.69) is 4.29 Å². The molecule has 0 bridgehead atoms. The second-order valence-electron chi connectivity index (χ2n) is 5.20. The van der Waals surface area contributed by atoms with Gasteiger partial charge in [-0.2, -0.15) is 18.5 Å². The van der Waals surface area contributed by atoms with Crippen LogP contribution in [0.4, 0.5) is 0 Å². The van der Waals surface area contributed by atoms with Gasteiger partial charge in [-0.25, -0.2) is 0 Å². The van der Waals surface area contributed by atoms with Crippen LogP contribution in [0.2, 0.25) is 0 Å². The first kappa shape index (κ1) is 16.4. The first-order chi connectivity index (χ1) is 11.4. The van der Waals surface area contributed by atoms with Crippen molar-refractivity contribution in [2.24, 2.45) is 7.05 Å². The molecule has 0 aliphatic rings. The van der Waals surface area contributed by atoms with E-state index in [1.807, 2.05) is 54.1 Å². The molecule has 0 saturated carbocycles. The van der Waals surface area contributed by atoms with Crippen molar-refractivity contribution < 1.29 is 33.1 Å². The van der Waals surface area contributed by atoms with E-state index in [1.165, 1.54) is 6.07 Å². The highest BCUT2D eigenvalue weighted by Gasteiger charge is 2.21. The van der Waals surface area contributed by atoms with Gasteiger partial charge in [0.25, 0.3) is 5.75 Å². The monoisotopic (exact) mass is 344 g/mol. The van der Waals surface area contributed by atoms with Crippen LogP contribution in [0.25, 0.3) is 23.1 Å². The molecule has 0 saturated heterocycles. The van der Waals surface area contributed by atoms with Gasteiger partial charge >= 0.3 is 0 Å². The minimum atomic E-state index is -4.53. The van der Waals surface area contributed by atoms with Crippen molar-refractivity contribution >= 4 is 23.1 Å². The summed E-state index contributed by atoms with van der Waals surface area (Å²) in [5, 5.41) is 1.12. The summed E-state index contributed by atoms with van der Waals surface area (Å²) in [5.41, 5.74) is 2.49. The lowest BCUT2D eigenvalue weighted by atomic mass is 10.1. The van der Waals surface area contributed by atoms with Crippen LogP contribution in [0.5, 0.6) is 5.75 Å². The number of para-hydroxylation sites is 2. The number of aromatic nitrogens is 1. The third-order valence-corrected chi connectivity index (χ3v) is 4.00. The summed E-state index contributed by atoms with van der Waals surface area (Å²) in [6.07, 6.45) is 3.54. The molecule has 0 amide bonds. The predicted octanol–water partition coefficient (Wildman–Crippen LogP) is 0.111. The number of pyridine rings is 1. The fourth-order valence-corrected chi connectivity index (χ4v) is 2.84. The van der Waals surface area contributed by atoms with E-state index in [0.717, 1.165) is 16.6 Å². The Kier molecular flexibility index (Phi) is 4.51. The standard InChI is InChI=1S/C18H15ClNO4/c1-20-16(12-10-14-6-2-4-8-17(14)20)13-11-15-7-3-5-9-18(15)24-19(21,22)23/h2-13H,1H3/q+1. The zero-order valence-corrected chi connectivity index (χ0v) is 13.6. The van der Waals surface area contributed by atoms with Gasteiger partial charge in [0.05, 0.1) is 0 Å². The second kappa shape index (κ2) is 6.59. The lowest BCUT2D eigenvalue weighted by Crippen LogP contribution is -2.63. The van der Waals surface area contributed by atoms with Crippen LogP contribution in [0.3, 0.4) is 0 Å². The summed E-state index contributed by atoms with van der Waals surface area (Å²) < 4.78 is 38.9. The summed E-state index contributed by atoms with van der Waals surface area (Å²) >= 11 is 0. The Morgan fingerprint density at radius 2 is 1.58 bits per heavy atom. The fraction of sp³-hybridized carbons (Fsp3) is 0.0556. The van der Waals surface area contributed by atoms with Gasteiger partial charge in [-0.1, -0.05) is 34.6 Å². The SMILES string of the molecule is C[n+]1c(C=Cc2ccccc2O[Cl+3]([O-])([O-])[O-])ccc2ccccc21. The van der Waals surface area contributed by atoms with Crippen molar-refractivity contribution in [3.8, 4) is 5.75 Å². The zero-order valence-electron chi connectivity index (χ0n) is 12.9. The highest BCUT2D eigenvalue weighted by molar-refractivity contribution is 5.77. The van der Waals surface area contributed by atoms with Gasteiger partial charge in [0.1, 0.15) is 17.3 Å². The van der Waals surface area contributed by atoms with Crippen LogP contribution >= 0.6 is 0 Å². The molecule has 0 radical (unpaired) electrons. The maximum absolute atomic E-state index is 10.8. The highest BCUT2D eigenvalue weighted by atomic mass is 35.7. The molecule has 0 spiro atoms. The number of hydrogen-bond donors (Lipinski definition) is 0. The Labute approximate surface area is 141 Å². The molecule has 0 atom stereocenters. The fourth-order valence-electron chi connectivity index (χ4n) is 2.49. The number of nitrogens with zero attached hydrogens (tertiary/aromatic N) is 1.